The third kappa shape index (κ3) is 2.29. The first-order chi connectivity index (χ1) is 9.91. The van der Waals surface area contributed by atoms with Gasteiger partial charge in [-0.25, -0.2) is 13.2 Å². The van der Waals surface area contributed by atoms with Crippen molar-refractivity contribution in [3.63, 3.8) is 0 Å². The van der Waals surface area contributed by atoms with Crippen LogP contribution in [0.1, 0.15) is 5.56 Å². The highest BCUT2D eigenvalue weighted by Crippen LogP contribution is 2.25. The number of aromatic nitrogens is 1. The summed E-state index contributed by atoms with van der Waals surface area (Å²) >= 11 is 0. The Morgan fingerprint density at radius 3 is 2.57 bits per heavy atom. The van der Waals surface area contributed by atoms with E-state index in [0.29, 0.717) is 42.8 Å². The fraction of sp³-hybridized carbons (Fsp3) is 0.462. The number of piperazine rings is 1. The standard InChI is InChI=1S/C13H17N3O4S/c1-9-7-10-11(20-13(17)15(10)2)8-12(9)21(18,19)16-5-3-14-4-6-16/h7-8,14H,3-6H2,1-2H3. The molecule has 0 aliphatic carbocycles. The molecule has 1 aliphatic rings. The van der Waals surface area contributed by atoms with E-state index in [2.05, 4.69) is 5.32 Å². The molecule has 0 bridgehead atoms. The highest BCUT2D eigenvalue weighted by atomic mass is 32.2. The second kappa shape index (κ2) is 4.97. The smallest absolute Gasteiger partial charge is 0.408 e. The minimum atomic E-state index is -3.57. The average molecular weight is 311 g/mol. The van der Waals surface area contributed by atoms with Gasteiger partial charge >= 0.3 is 5.76 Å². The normalized spacial score (nSPS) is 17.4. The summed E-state index contributed by atoms with van der Waals surface area (Å²) in [7, 11) is -1.97. The first kappa shape index (κ1) is 14.3. The first-order valence-corrected chi connectivity index (χ1v) is 8.16. The molecule has 1 N–H and O–H groups in total. The summed E-state index contributed by atoms with van der Waals surface area (Å²) in [6.45, 7) is 3.89. The van der Waals surface area contributed by atoms with Crippen LogP contribution in [0.3, 0.4) is 0 Å². The van der Waals surface area contributed by atoms with Crippen LogP contribution < -0.4 is 11.1 Å². The summed E-state index contributed by atoms with van der Waals surface area (Å²) < 4.78 is 33.3. The van der Waals surface area contributed by atoms with Crippen molar-refractivity contribution >= 4 is 21.1 Å². The maximum absolute atomic E-state index is 12.7. The number of rotatable bonds is 2. The molecule has 8 heteroatoms. The molecule has 0 amide bonds. The summed E-state index contributed by atoms with van der Waals surface area (Å²) in [6.07, 6.45) is 0. The largest absolute Gasteiger partial charge is 0.419 e. The van der Waals surface area contributed by atoms with Crippen molar-refractivity contribution in [1.29, 1.82) is 0 Å². The van der Waals surface area contributed by atoms with Gasteiger partial charge in [0.1, 0.15) is 0 Å². The van der Waals surface area contributed by atoms with E-state index in [-0.39, 0.29) is 4.90 Å². The fourth-order valence-corrected chi connectivity index (χ4v) is 4.22. The van der Waals surface area contributed by atoms with Crippen molar-refractivity contribution in [2.75, 3.05) is 26.2 Å². The molecule has 1 saturated heterocycles. The van der Waals surface area contributed by atoms with Gasteiger partial charge in [0.15, 0.2) is 5.58 Å². The zero-order valence-corrected chi connectivity index (χ0v) is 12.7. The molecule has 0 radical (unpaired) electrons. The van der Waals surface area contributed by atoms with Crippen LogP contribution in [-0.2, 0) is 17.1 Å². The van der Waals surface area contributed by atoms with Gasteiger partial charge in [0.25, 0.3) is 0 Å². The Labute approximate surface area is 122 Å². The van der Waals surface area contributed by atoms with Crippen molar-refractivity contribution in [3.8, 4) is 0 Å². The second-order valence-electron chi connectivity index (χ2n) is 5.17. The van der Waals surface area contributed by atoms with E-state index in [9.17, 15) is 13.2 Å². The maximum atomic E-state index is 12.7. The molecule has 21 heavy (non-hydrogen) atoms. The van der Waals surface area contributed by atoms with E-state index in [1.165, 1.54) is 14.9 Å². The molecule has 2 heterocycles. The Balaban J connectivity index is 2.15. The molecule has 7 nitrogen and oxygen atoms in total. The predicted octanol–water partition coefficient (Wildman–Crippen LogP) is 0.0338. The van der Waals surface area contributed by atoms with Crippen molar-refractivity contribution in [1.82, 2.24) is 14.2 Å². The highest BCUT2D eigenvalue weighted by molar-refractivity contribution is 7.89. The summed E-state index contributed by atoms with van der Waals surface area (Å²) in [5.74, 6) is -0.499. The summed E-state index contributed by atoms with van der Waals surface area (Å²) in [4.78, 5) is 11.7. The molecule has 3 rings (SSSR count). The molecule has 1 fully saturated rings. The molecule has 0 atom stereocenters. The Kier molecular flexibility index (Phi) is 3.39. The molecule has 114 valence electrons. The maximum Gasteiger partial charge on any atom is 0.419 e. The van der Waals surface area contributed by atoms with Crippen molar-refractivity contribution < 1.29 is 12.8 Å². The Hall–Kier alpha value is -1.64. The van der Waals surface area contributed by atoms with E-state index in [4.69, 9.17) is 4.42 Å². The van der Waals surface area contributed by atoms with Gasteiger partial charge in [-0.05, 0) is 18.6 Å². The number of oxazole rings is 1. The van der Waals surface area contributed by atoms with Crippen LogP contribution in [0.5, 0.6) is 0 Å². The van der Waals surface area contributed by atoms with Crippen molar-refractivity contribution in [2.24, 2.45) is 7.05 Å². The van der Waals surface area contributed by atoms with E-state index in [0.717, 1.165) is 0 Å². The molecule has 1 aromatic heterocycles. The van der Waals surface area contributed by atoms with Crippen molar-refractivity contribution in [2.45, 2.75) is 11.8 Å². The molecule has 0 spiro atoms. The minimum Gasteiger partial charge on any atom is -0.408 e. The zero-order valence-electron chi connectivity index (χ0n) is 11.9. The Bertz CT molecular complexity index is 844. The van der Waals surface area contributed by atoms with Gasteiger partial charge in [-0.1, -0.05) is 0 Å². The molecule has 1 aromatic carbocycles. The number of fused-ring (bicyclic) bond motifs is 1. The fourth-order valence-electron chi connectivity index (χ4n) is 2.56. The SMILES string of the molecule is Cc1cc2c(cc1S(=O)(=O)N1CCNCC1)oc(=O)n2C. The molecule has 2 aromatic rings. The van der Waals surface area contributed by atoms with Crippen LogP contribution in [0.25, 0.3) is 11.1 Å². The van der Waals surface area contributed by atoms with Crippen LogP contribution in [0.15, 0.2) is 26.2 Å². The monoisotopic (exact) mass is 311 g/mol. The average Bonchev–Trinajstić information content (AvgIpc) is 2.74. The second-order valence-corrected chi connectivity index (χ2v) is 7.07. The van der Waals surface area contributed by atoms with Crippen LogP contribution in [0.4, 0.5) is 0 Å². The minimum absolute atomic E-state index is 0.200. The van der Waals surface area contributed by atoms with Gasteiger partial charge in [0.2, 0.25) is 10.0 Å². The van der Waals surface area contributed by atoms with Crippen molar-refractivity contribution in [3.05, 3.63) is 28.2 Å². The van der Waals surface area contributed by atoms with Gasteiger partial charge in [0, 0.05) is 39.3 Å². The Morgan fingerprint density at radius 1 is 1.24 bits per heavy atom. The number of hydrogen-bond donors (Lipinski definition) is 1. The summed E-state index contributed by atoms with van der Waals surface area (Å²) in [6, 6.07) is 3.12. The lowest BCUT2D eigenvalue weighted by Gasteiger charge is -2.27. The summed E-state index contributed by atoms with van der Waals surface area (Å²) in [5.41, 5.74) is 1.50. The first-order valence-electron chi connectivity index (χ1n) is 6.72. The summed E-state index contributed by atoms with van der Waals surface area (Å²) in [5, 5.41) is 3.12. The number of nitrogens with zero attached hydrogens (tertiary/aromatic N) is 2. The van der Waals surface area contributed by atoms with Gasteiger partial charge in [-0.15, -0.1) is 0 Å². The number of nitrogens with one attached hydrogen (secondary N) is 1. The van der Waals surface area contributed by atoms with Gasteiger partial charge < -0.3 is 9.73 Å². The van der Waals surface area contributed by atoms with Gasteiger partial charge in [-0.2, -0.15) is 4.31 Å². The number of sulfonamides is 1. The van der Waals surface area contributed by atoms with E-state index < -0.39 is 15.8 Å². The predicted molar refractivity (Wildman–Crippen MR) is 77.8 cm³/mol. The Morgan fingerprint density at radius 2 is 1.90 bits per heavy atom. The number of benzene rings is 1. The van der Waals surface area contributed by atoms with Crippen LogP contribution in [-0.4, -0.2) is 43.5 Å². The number of hydrogen-bond acceptors (Lipinski definition) is 5. The highest BCUT2D eigenvalue weighted by Gasteiger charge is 2.28. The quantitative estimate of drug-likeness (QED) is 0.846. The zero-order chi connectivity index (χ0) is 15.2. The van der Waals surface area contributed by atoms with Crippen LogP contribution in [0, 0.1) is 6.92 Å². The van der Waals surface area contributed by atoms with Gasteiger partial charge in [0.05, 0.1) is 10.4 Å². The van der Waals surface area contributed by atoms with E-state index in [1.807, 2.05) is 0 Å². The number of aryl methyl sites for hydroxylation is 2. The molecular formula is C13H17N3O4S. The van der Waals surface area contributed by atoms with E-state index >= 15 is 0 Å². The van der Waals surface area contributed by atoms with Crippen LogP contribution in [0.2, 0.25) is 0 Å². The van der Waals surface area contributed by atoms with Crippen LogP contribution >= 0.6 is 0 Å². The lowest BCUT2D eigenvalue weighted by atomic mass is 10.2. The third-order valence-corrected chi connectivity index (χ3v) is 5.82. The van der Waals surface area contributed by atoms with Gasteiger partial charge in [-0.3, -0.25) is 4.57 Å². The molecular weight excluding hydrogens is 294 g/mol. The molecule has 0 unspecified atom stereocenters. The van der Waals surface area contributed by atoms with E-state index in [1.54, 1.807) is 20.0 Å². The topological polar surface area (TPSA) is 84.6 Å². The lowest BCUT2D eigenvalue weighted by Crippen LogP contribution is -2.46. The molecule has 1 aliphatic heterocycles. The third-order valence-electron chi connectivity index (χ3n) is 3.78. The lowest BCUT2D eigenvalue weighted by molar-refractivity contribution is 0.360. The molecule has 0 saturated carbocycles.